The second kappa shape index (κ2) is 11.4. The van der Waals surface area contributed by atoms with Gasteiger partial charge in [-0.15, -0.1) is 0 Å². The standard InChI is InChI=1S/C24H27N3O7S2/c28-24(12-5-19-3-8-23(9-4-19)36(31,32)27-13-16-33-17-14-27)26-20-6-10-22(11-7-20)35(29,30)25-18-21-2-1-15-34-21/h1-4,6-11,15,25H,5,12-14,16-18H2,(H,26,28). The van der Waals surface area contributed by atoms with Crippen LogP contribution in [0, 0.1) is 0 Å². The predicted octanol–water partition coefficient (Wildman–Crippen LogP) is 2.35. The van der Waals surface area contributed by atoms with Crippen LogP contribution in [0.4, 0.5) is 5.69 Å². The third-order valence-electron chi connectivity index (χ3n) is 5.64. The molecule has 1 fully saturated rings. The van der Waals surface area contributed by atoms with Gasteiger partial charge < -0.3 is 14.5 Å². The summed E-state index contributed by atoms with van der Waals surface area (Å²) in [4.78, 5) is 12.7. The number of furan rings is 1. The second-order valence-electron chi connectivity index (χ2n) is 8.14. The van der Waals surface area contributed by atoms with E-state index in [0.717, 1.165) is 5.56 Å². The number of nitrogens with one attached hydrogen (secondary N) is 2. The molecular formula is C24H27N3O7S2. The maximum atomic E-state index is 12.7. The van der Waals surface area contributed by atoms with E-state index in [0.29, 0.717) is 44.2 Å². The maximum absolute atomic E-state index is 12.7. The summed E-state index contributed by atoms with van der Waals surface area (Å²) >= 11 is 0. The minimum atomic E-state index is -3.72. The fourth-order valence-corrected chi connectivity index (χ4v) is 6.03. The molecule has 1 aromatic heterocycles. The Hall–Kier alpha value is -3.03. The third-order valence-corrected chi connectivity index (χ3v) is 8.97. The minimum Gasteiger partial charge on any atom is -0.468 e. The molecule has 0 atom stereocenters. The van der Waals surface area contributed by atoms with Crippen LogP contribution in [0.3, 0.4) is 0 Å². The van der Waals surface area contributed by atoms with E-state index in [1.165, 1.54) is 34.8 Å². The zero-order chi connectivity index (χ0) is 25.6. The van der Waals surface area contributed by atoms with Gasteiger partial charge in [-0.3, -0.25) is 4.79 Å². The number of rotatable bonds is 10. The molecule has 12 heteroatoms. The number of aryl methyl sites for hydroxylation is 1. The first-order valence-electron chi connectivity index (χ1n) is 11.3. The number of hydrogen-bond donors (Lipinski definition) is 2. The highest BCUT2D eigenvalue weighted by atomic mass is 32.2. The van der Waals surface area contributed by atoms with Crippen LogP contribution in [0.25, 0.3) is 0 Å². The van der Waals surface area contributed by atoms with Crippen LogP contribution in [0.2, 0.25) is 0 Å². The molecule has 1 saturated heterocycles. The van der Waals surface area contributed by atoms with Crippen molar-refractivity contribution in [2.24, 2.45) is 0 Å². The molecule has 0 spiro atoms. The van der Waals surface area contributed by atoms with Crippen molar-refractivity contribution in [3.63, 3.8) is 0 Å². The van der Waals surface area contributed by atoms with Crippen molar-refractivity contribution in [2.45, 2.75) is 29.2 Å². The van der Waals surface area contributed by atoms with Crippen molar-refractivity contribution >= 4 is 31.6 Å². The van der Waals surface area contributed by atoms with E-state index in [-0.39, 0.29) is 28.7 Å². The number of sulfonamides is 2. The minimum absolute atomic E-state index is 0.0357. The van der Waals surface area contributed by atoms with Crippen LogP contribution in [-0.4, -0.2) is 53.4 Å². The van der Waals surface area contributed by atoms with Crippen LogP contribution in [0.5, 0.6) is 0 Å². The molecule has 192 valence electrons. The Labute approximate surface area is 210 Å². The molecule has 0 aliphatic carbocycles. The van der Waals surface area contributed by atoms with Gasteiger partial charge in [-0.2, -0.15) is 4.31 Å². The third kappa shape index (κ3) is 6.59. The number of anilines is 1. The van der Waals surface area contributed by atoms with Crippen molar-refractivity contribution in [3.05, 3.63) is 78.3 Å². The molecule has 36 heavy (non-hydrogen) atoms. The predicted molar refractivity (Wildman–Crippen MR) is 132 cm³/mol. The average molecular weight is 534 g/mol. The fourth-order valence-electron chi connectivity index (χ4n) is 3.63. The number of amides is 1. The molecule has 0 saturated carbocycles. The Morgan fingerprint density at radius 1 is 0.889 bits per heavy atom. The van der Waals surface area contributed by atoms with Gasteiger partial charge in [0.2, 0.25) is 26.0 Å². The lowest BCUT2D eigenvalue weighted by molar-refractivity contribution is -0.116. The topological polar surface area (TPSA) is 135 Å². The quantitative estimate of drug-likeness (QED) is 0.408. The molecule has 1 aliphatic heterocycles. The van der Waals surface area contributed by atoms with Crippen molar-refractivity contribution in [1.29, 1.82) is 0 Å². The first-order chi connectivity index (χ1) is 17.2. The van der Waals surface area contributed by atoms with Gasteiger partial charge in [0, 0.05) is 25.2 Å². The monoisotopic (exact) mass is 533 g/mol. The number of ether oxygens (including phenoxy) is 1. The van der Waals surface area contributed by atoms with Crippen molar-refractivity contribution in [3.8, 4) is 0 Å². The second-order valence-corrected chi connectivity index (χ2v) is 11.8. The molecular weight excluding hydrogens is 506 g/mol. The zero-order valence-electron chi connectivity index (χ0n) is 19.4. The summed E-state index contributed by atoms with van der Waals surface area (Å²) in [5.74, 6) is 0.252. The molecule has 1 amide bonds. The summed E-state index contributed by atoms with van der Waals surface area (Å²) in [6.07, 6.45) is 2.07. The molecule has 1 aliphatic rings. The van der Waals surface area contributed by atoms with Gasteiger partial charge in [-0.25, -0.2) is 21.6 Å². The maximum Gasteiger partial charge on any atom is 0.243 e. The summed E-state index contributed by atoms with van der Waals surface area (Å²) < 4.78 is 64.4. The molecule has 3 aromatic rings. The molecule has 2 heterocycles. The van der Waals surface area contributed by atoms with E-state index in [1.807, 2.05) is 0 Å². The highest BCUT2D eigenvalue weighted by molar-refractivity contribution is 7.89. The van der Waals surface area contributed by atoms with E-state index in [9.17, 15) is 21.6 Å². The van der Waals surface area contributed by atoms with Crippen LogP contribution in [0.1, 0.15) is 17.7 Å². The summed E-state index contributed by atoms with van der Waals surface area (Å²) in [7, 11) is -7.28. The van der Waals surface area contributed by atoms with Gasteiger partial charge in [-0.1, -0.05) is 12.1 Å². The van der Waals surface area contributed by atoms with Crippen LogP contribution < -0.4 is 10.0 Å². The fraction of sp³-hybridized carbons (Fsp3) is 0.292. The Balaban J connectivity index is 1.27. The zero-order valence-corrected chi connectivity index (χ0v) is 21.1. The van der Waals surface area contributed by atoms with Crippen LogP contribution in [-0.2, 0) is 42.5 Å². The summed E-state index contributed by atoms with van der Waals surface area (Å²) in [6, 6.07) is 15.7. The molecule has 2 aromatic carbocycles. The number of nitrogens with zero attached hydrogens (tertiary/aromatic N) is 1. The van der Waals surface area contributed by atoms with Gasteiger partial charge in [0.25, 0.3) is 0 Å². The number of carbonyl (C=O) groups is 1. The molecule has 2 N–H and O–H groups in total. The van der Waals surface area contributed by atoms with Gasteiger partial charge in [-0.05, 0) is 60.5 Å². The number of carbonyl (C=O) groups excluding carboxylic acids is 1. The van der Waals surface area contributed by atoms with E-state index in [2.05, 4.69) is 10.0 Å². The summed E-state index contributed by atoms with van der Waals surface area (Å²) in [5.41, 5.74) is 1.30. The largest absolute Gasteiger partial charge is 0.468 e. The van der Waals surface area contributed by atoms with Gasteiger partial charge in [0.1, 0.15) is 5.76 Å². The summed E-state index contributed by atoms with van der Waals surface area (Å²) in [5, 5.41) is 2.74. The molecule has 0 radical (unpaired) electrons. The first-order valence-corrected chi connectivity index (χ1v) is 14.3. The number of benzene rings is 2. The van der Waals surface area contributed by atoms with E-state index in [4.69, 9.17) is 9.15 Å². The van der Waals surface area contributed by atoms with Crippen molar-refractivity contribution < 1.29 is 30.8 Å². The lowest BCUT2D eigenvalue weighted by Gasteiger charge is -2.26. The highest BCUT2D eigenvalue weighted by Crippen LogP contribution is 2.19. The van der Waals surface area contributed by atoms with Crippen molar-refractivity contribution in [2.75, 3.05) is 31.6 Å². The van der Waals surface area contributed by atoms with Gasteiger partial charge in [0.05, 0.1) is 35.8 Å². The number of morpholine rings is 1. The highest BCUT2D eigenvalue weighted by Gasteiger charge is 2.26. The smallest absolute Gasteiger partial charge is 0.243 e. The Morgan fingerprint density at radius 2 is 1.56 bits per heavy atom. The van der Waals surface area contributed by atoms with Crippen LogP contribution >= 0.6 is 0 Å². The van der Waals surface area contributed by atoms with Crippen molar-refractivity contribution in [1.82, 2.24) is 9.03 Å². The van der Waals surface area contributed by atoms with E-state index in [1.54, 1.807) is 36.4 Å². The van der Waals surface area contributed by atoms with Crippen LogP contribution in [0.15, 0.2) is 81.1 Å². The number of hydrogen-bond acceptors (Lipinski definition) is 7. The van der Waals surface area contributed by atoms with Gasteiger partial charge in [0.15, 0.2) is 0 Å². The van der Waals surface area contributed by atoms with Gasteiger partial charge >= 0.3 is 0 Å². The molecule has 0 unspecified atom stereocenters. The normalized spacial score (nSPS) is 15.0. The Morgan fingerprint density at radius 3 is 2.19 bits per heavy atom. The van der Waals surface area contributed by atoms with E-state index < -0.39 is 20.0 Å². The van der Waals surface area contributed by atoms with E-state index >= 15 is 0 Å². The Bertz CT molecular complexity index is 1360. The SMILES string of the molecule is O=C(CCc1ccc(S(=O)(=O)N2CCOCC2)cc1)Nc1ccc(S(=O)(=O)NCc2ccco2)cc1. The lowest BCUT2D eigenvalue weighted by atomic mass is 10.1. The molecule has 10 nitrogen and oxygen atoms in total. The Kier molecular flexibility index (Phi) is 8.21. The lowest BCUT2D eigenvalue weighted by Crippen LogP contribution is -2.40. The summed E-state index contributed by atoms with van der Waals surface area (Å²) in [6.45, 7) is 1.46. The average Bonchev–Trinajstić information content (AvgIpc) is 3.41. The first kappa shape index (κ1) is 26.0. The molecule has 0 bridgehead atoms. The molecule has 4 rings (SSSR count).